The van der Waals surface area contributed by atoms with Gasteiger partial charge in [0.1, 0.15) is 5.75 Å². The van der Waals surface area contributed by atoms with Crippen LogP contribution in [0.3, 0.4) is 0 Å². The molecule has 0 radical (unpaired) electrons. The maximum absolute atomic E-state index is 12.0. The van der Waals surface area contributed by atoms with E-state index in [1.165, 1.54) is 24.3 Å². The molecule has 1 aromatic rings. The summed E-state index contributed by atoms with van der Waals surface area (Å²) in [5.74, 6) is -0.222. The zero-order chi connectivity index (χ0) is 13.7. The molecule has 0 unspecified atom stereocenters. The van der Waals surface area contributed by atoms with E-state index in [2.05, 4.69) is 20.9 Å². The molecule has 1 aliphatic rings. The number of rotatable bonds is 4. The number of alkyl halides is 3. The van der Waals surface area contributed by atoms with Crippen molar-refractivity contribution in [2.75, 3.05) is 18.5 Å². The number of piperidine rings is 1. The molecule has 1 heterocycles. The van der Waals surface area contributed by atoms with E-state index in [0.29, 0.717) is 11.7 Å². The summed E-state index contributed by atoms with van der Waals surface area (Å²) < 4.78 is 39.7. The highest BCUT2D eigenvalue weighted by molar-refractivity contribution is 5.45. The largest absolute Gasteiger partial charge is 0.573 e. The lowest BCUT2D eigenvalue weighted by Gasteiger charge is -2.24. The van der Waals surface area contributed by atoms with Crippen LogP contribution < -0.4 is 20.9 Å². The molecule has 106 valence electrons. The average Bonchev–Trinajstić information content (AvgIpc) is 2.37. The van der Waals surface area contributed by atoms with Crippen molar-refractivity contribution in [2.45, 2.75) is 25.2 Å². The Morgan fingerprint density at radius 3 is 2.32 bits per heavy atom. The lowest BCUT2D eigenvalue weighted by atomic mass is 10.1. The summed E-state index contributed by atoms with van der Waals surface area (Å²) in [6.45, 7) is 1.94. The average molecular weight is 275 g/mol. The Labute approximate surface area is 109 Å². The summed E-state index contributed by atoms with van der Waals surface area (Å²) in [5, 5.41) is 3.25. The molecule has 3 N–H and O–H groups in total. The summed E-state index contributed by atoms with van der Waals surface area (Å²) >= 11 is 0. The van der Waals surface area contributed by atoms with Crippen LogP contribution in [0.4, 0.5) is 18.9 Å². The van der Waals surface area contributed by atoms with Gasteiger partial charge in [0.25, 0.3) is 0 Å². The molecule has 1 fully saturated rings. The molecule has 1 saturated heterocycles. The molecular weight excluding hydrogens is 259 g/mol. The van der Waals surface area contributed by atoms with Crippen molar-refractivity contribution in [3.8, 4) is 5.75 Å². The van der Waals surface area contributed by atoms with Gasteiger partial charge in [0, 0.05) is 11.7 Å². The van der Waals surface area contributed by atoms with Crippen molar-refractivity contribution in [2.24, 2.45) is 0 Å². The number of anilines is 1. The normalized spacial score (nSPS) is 17.2. The fourth-order valence-corrected chi connectivity index (χ4v) is 1.89. The lowest BCUT2D eigenvalue weighted by molar-refractivity contribution is -0.274. The Balaban J connectivity index is 1.81. The van der Waals surface area contributed by atoms with Crippen molar-refractivity contribution < 1.29 is 17.9 Å². The number of ether oxygens (including phenoxy) is 1. The molecule has 1 aromatic carbocycles. The third kappa shape index (κ3) is 4.96. The molecular formula is C12H16F3N3O. The van der Waals surface area contributed by atoms with Gasteiger partial charge in [-0.1, -0.05) is 0 Å². The SMILES string of the molecule is FC(F)(F)Oc1ccc(NNC2CCNCC2)cc1. The van der Waals surface area contributed by atoms with E-state index in [-0.39, 0.29) is 5.75 Å². The molecule has 19 heavy (non-hydrogen) atoms. The molecule has 0 atom stereocenters. The highest BCUT2D eigenvalue weighted by Gasteiger charge is 2.30. The lowest BCUT2D eigenvalue weighted by Crippen LogP contribution is -2.42. The van der Waals surface area contributed by atoms with E-state index in [9.17, 15) is 13.2 Å². The minimum atomic E-state index is -4.65. The van der Waals surface area contributed by atoms with Gasteiger partial charge in [-0.2, -0.15) is 0 Å². The van der Waals surface area contributed by atoms with Gasteiger partial charge < -0.3 is 15.5 Å². The van der Waals surface area contributed by atoms with Crippen LogP contribution in [-0.4, -0.2) is 25.5 Å². The van der Waals surface area contributed by atoms with Gasteiger partial charge in [0.2, 0.25) is 0 Å². The number of benzene rings is 1. The topological polar surface area (TPSA) is 45.3 Å². The summed E-state index contributed by atoms with van der Waals surface area (Å²) in [7, 11) is 0. The fraction of sp³-hybridized carbons (Fsp3) is 0.500. The maximum atomic E-state index is 12.0. The van der Waals surface area contributed by atoms with Crippen LogP contribution in [0, 0.1) is 0 Å². The quantitative estimate of drug-likeness (QED) is 0.738. The highest BCUT2D eigenvalue weighted by Crippen LogP contribution is 2.23. The van der Waals surface area contributed by atoms with Crippen molar-refractivity contribution in [1.82, 2.24) is 10.7 Å². The predicted octanol–water partition coefficient (Wildman–Crippen LogP) is 2.25. The summed E-state index contributed by atoms with van der Waals surface area (Å²) in [6.07, 6.45) is -2.62. The summed E-state index contributed by atoms with van der Waals surface area (Å²) in [4.78, 5) is 0. The smallest absolute Gasteiger partial charge is 0.406 e. The number of halogens is 3. The minimum absolute atomic E-state index is 0.222. The van der Waals surface area contributed by atoms with Crippen molar-refractivity contribution in [3.05, 3.63) is 24.3 Å². The number of nitrogens with one attached hydrogen (secondary N) is 3. The first-order chi connectivity index (χ1) is 9.03. The van der Waals surface area contributed by atoms with Gasteiger partial charge in [0.05, 0.1) is 0 Å². The van der Waals surface area contributed by atoms with Crippen LogP contribution in [0.25, 0.3) is 0 Å². The van der Waals surface area contributed by atoms with Gasteiger partial charge >= 0.3 is 6.36 Å². The third-order valence-electron chi connectivity index (χ3n) is 2.85. The van der Waals surface area contributed by atoms with Gasteiger partial charge in [-0.3, -0.25) is 0 Å². The zero-order valence-corrected chi connectivity index (χ0v) is 10.3. The number of hydrazine groups is 1. The van der Waals surface area contributed by atoms with E-state index >= 15 is 0 Å². The van der Waals surface area contributed by atoms with Crippen LogP contribution in [0.15, 0.2) is 24.3 Å². The van der Waals surface area contributed by atoms with Crippen LogP contribution in [0.1, 0.15) is 12.8 Å². The number of hydrogen-bond donors (Lipinski definition) is 3. The first kappa shape index (κ1) is 14.0. The van der Waals surface area contributed by atoms with Gasteiger partial charge in [-0.15, -0.1) is 13.2 Å². The predicted molar refractivity (Wildman–Crippen MR) is 65.8 cm³/mol. The van der Waals surface area contributed by atoms with Crippen LogP contribution in [0.5, 0.6) is 5.75 Å². The highest BCUT2D eigenvalue weighted by atomic mass is 19.4. The maximum Gasteiger partial charge on any atom is 0.573 e. The van der Waals surface area contributed by atoms with Crippen molar-refractivity contribution >= 4 is 5.69 Å². The molecule has 4 nitrogen and oxygen atoms in total. The fourth-order valence-electron chi connectivity index (χ4n) is 1.89. The molecule has 0 bridgehead atoms. The third-order valence-corrected chi connectivity index (χ3v) is 2.85. The van der Waals surface area contributed by atoms with E-state index in [1.807, 2.05) is 0 Å². The van der Waals surface area contributed by atoms with E-state index in [4.69, 9.17) is 0 Å². The van der Waals surface area contributed by atoms with Crippen molar-refractivity contribution in [3.63, 3.8) is 0 Å². The summed E-state index contributed by atoms with van der Waals surface area (Å²) in [5.41, 5.74) is 6.84. The second kappa shape index (κ2) is 6.12. The number of hydrogen-bond acceptors (Lipinski definition) is 4. The minimum Gasteiger partial charge on any atom is -0.406 e. The molecule has 0 amide bonds. The Morgan fingerprint density at radius 2 is 1.74 bits per heavy atom. The second-order valence-electron chi connectivity index (χ2n) is 4.37. The zero-order valence-electron chi connectivity index (χ0n) is 10.3. The second-order valence-corrected chi connectivity index (χ2v) is 4.37. The Hall–Kier alpha value is -1.47. The van der Waals surface area contributed by atoms with Crippen molar-refractivity contribution in [1.29, 1.82) is 0 Å². The Morgan fingerprint density at radius 1 is 1.11 bits per heavy atom. The standard InChI is InChI=1S/C12H16F3N3O/c13-12(14,15)19-11-3-1-9(2-4-11)17-18-10-5-7-16-8-6-10/h1-4,10,16-18H,5-8H2. The van der Waals surface area contributed by atoms with E-state index in [1.54, 1.807) is 0 Å². The molecule has 0 saturated carbocycles. The van der Waals surface area contributed by atoms with Crippen LogP contribution >= 0.6 is 0 Å². The van der Waals surface area contributed by atoms with E-state index in [0.717, 1.165) is 25.9 Å². The molecule has 2 rings (SSSR count). The van der Waals surface area contributed by atoms with Gasteiger partial charge in [-0.25, -0.2) is 5.43 Å². The molecule has 1 aliphatic heterocycles. The first-order valence-corrected chi connectivity index (χ1v) is 6.11. The van der Waals surface area contributed by atoms with Crippen LogP contribution in [-0.2, 0) is 0 Å². The van der Waals surface area contributed by atoms with Gasteiger partial charge in [0.15, 0.2) is 0 Å². The molecule has 0 aliphatic carbocycles. The Bertz CT molecular complexity index is 388. The molecule has 7 heteroatoms. The van der Waals surface area contributed by atoms with E-state index < -0.39 is 6.36 Å². The first-order valence-electron chi connectivity index (χ1n) is 6.11. The Kier molecular flexibility index (Phi) is 4.49. The van der Waals surface area contributed by atoms with Gasteiger partial charge in [-0.05, 0) is 50.2 Å². The summed E-state index contributed by atoms with van der Waals surface area (Å²) in [6, 6.07) is 6.00. The monoisotopic (exact) mass is 275 g/mol. The molecule has 0 aromatic heterocycles. The van der Waals surface area contributed by atoms with Crippen LogP contribution in [0.2, 0.25) is 0 Å². The molecule has 0 spiro atoms.